The summed E-state index contributed by atoms with van der Waals surface area (Å²) in [5.41, 5.74) is 0.239. The highest BCUT2D eigenvalue weighted by Gasteiger charge is 2.30. The number of hydrogen-bond acceptors (Lipinski definition) is 6. The van der Waals surface area contributed by atoms with Crippen molar-refractivity contribution < 1.29 is 14.3 Å². The first-order valence-electron chi connectivity index (χ1n) is 13.6. The van der Waals surface area contributed by atoms with Gasteiger partial charge in [-0.3, -0.25) is 18.7 Å². The molecule has 0 unspecified atom stereocenters. The summed E-state index contributed by atoms with van der Waals surface area (Å²) in [7, 11) is 0. The van der Waals surface area contributed by atoms with E-state index in [1.807, 2.05) is 32.5 Å². The second-order valence-electron chi connectivity index (χ2n) is 11.7. The largest absolute Gasteiger partial charge is 0.508 e. The third-order valence-electron chi connectivity index (χ3n) is 7.94. The number of benzene rings is 1. The summed E-state index contributed by atoms with van der Waals surface area (Å²) < 4.78 is 17.1. The summed E-state index contributed by atoms with van der Waals surface area (Å²) in [6, 6.07) is 5.55. The molecule has 2 N–H and O–H groups in total. The van der Waals surface area contributed by atoms with Gasteiger partial charge >= 0.3 is 5.69 Å². The van der Waals surface area contributed by atoms with E-state index >= 15 is 0 Å². The molecule has 3 heterocycles. The standard InChI is InChI=1S/C29H35FN4O4S/c1-29(2,3)23-14-17(4-9-24(23)35)26(36)32-19-5-7-20(8-6-19)34-27(37)22-15-18(30)16-31-25(22)33(28(34)38)21-10-12-39-13-11-21/h4,9,14-16,19-21,35H,5-8,10-13H2,1-3H3,(H,32,36)/t19-,20+. The fourth-order valence-corrected chi connectivity index (χ4v) is 6.91. The van der Waals surface area contributed by atoms with Gasteiger partial charge in [-0.25, -0.2) is 14.2 Å². The number of nitrogens with one attached hydrogen (secondary N) is 1. The highest BCUT2D eigenvalue weighted by Crippen LogP contribution is 2.32. The van der Waals surface area contributed by atoms with Gasteiger partial charge in [0.05, 0.1) is 11.6 Å². The number of fused-ring (bicyclic) bond motifs is 1. The molecule has 1 amide bonds. The lowest BCUT2D eigenvalue weighted by Gasteiger charge is -2.31. The maximum atomic E-state index is 14.1. The molecule has 1 aliphatic heterocycles. The van der Waals surface area contributed by atoms with Crippen LogP contribution in [-0.4, -0.2) is 42.7 Å². The monoisotopic (exact) mass is 554 g/mol. The van der Waals surface area contributed by atoms with Crippen LogP contribution >= 0.6 is 11.8 Å². The zero-order chi connectivity index (χ0) is 27.9. The molecule has 1 aromatic carbocycles. The van der Waals surface area contributed by atoms with Gasteiger partial charge in [0.2, 0.25) is 0 Å². The first-order chi connectivity index (χ1) is 18.5. The number of phenolic OH excluding ortho intramolecular Hbond substituents is 1. The molecule has 2 fully saturated rings. The second kappa shape index (κ2) is 10.8. The van der Waals surface area contributed by atoms with Crippen LogP contribution in [0.4, 0.5) is 4.39 Å². The normalized spacial score (nSPS) is 20.7. The lowest BCUT2D eigenvalue weighted by molar-refractivity contribution is 0.0921. The van der Waals surface area contributed by atoms with Gasteiger partial charge in [0.15, 0.2) is 0 Å². The lowest BCUT2D eigenvalue weighted by atomic mass is 9.85. The summed E-state index contributed by atoms with van der Waals surface area (Å²) in [6.45, 7) is 5.93. The molecule has 10 heteroatoms. The minimum absolute atomic E-state index is 0.0787. The van der Waals surface area contributed by atoms with E-state index in [2.05, 4.69) is 10.3 Å². The highest BCUT2D eigenvalue weighted by molar-refractivity contribution is 7.99. The third kappa shape index (κ3) is 5.48. The summed E-state index contributed by atoms with van der Waals surface area (Å²) in [5.74, 6) is 1.18. The molecular weight excluding hydrogens is 519 g/mol. The van der Waals surface area contributed by atoms with E-state index in [0.717, 1.165) is 30.5 Å². The Morgan fingerprint density at radius 3 is 2.36 bits per heavy atom. The smallest absolute Gasteiger partial charge is 0.333 e. The summed E-state index contributed by atoms with van der Waals surface area (Å²) in [6.07, 6.45) is 4.94. The Morgan fingerprint density at radius 2 is 1.69 bits per heavy atom. The van der Waals surface area contributed by atoms with Crippen molar-refractivity contribution in [2.45, 2.75) is 82.8 Å². The predicted molar refractivity (Wildman–Crippen MR) is 151 cm³/mol. The fourth-order valence-electron chi connectivity index (χ4n) is 5.82. The van der Waals surface area contributed by atoms with Gasteiger partial charge in [-0.1, -0.05) is 20.8 Å². The molecule has 8 nitrogen and oxygen atoms in total. The topological polar surface area (TPSA) is 106 Å². The van der Waals surface area contributed by atoms with Crippen LogP contribution in [0.2, 0.25) is 0 Å². The van der Waals surface area contributed by atoms with Crippen molar-refractivity contribution in [2.75, 3.05) is 11.5 Å². The SMILES string of the molecule is CC(C)(C)c1cc(C(=O)N[C@H]2CC[C@@H](n3c(=O)c4cc(F)cnc4n(C4CCSCC4)c3=O)CC2)ccc1O. The van der Waals surface area contributed by atoms with E-state index < -0.39 is 11.4 Å². The number of nitrogens with zero attached hydrogens (tertiary/aromatic N) is 3. The molecule has 0 radical (unpaired) electrons. The summed E-state index contributed by atoms with van der Waals surface area (Å²) >= 11 is 1.84. The van der Waals surface area contributed by atoms with Crippen LogP contribution in [0.5, 0.6) is 5.75 Å². The Balaban J connectivity index is 1.38. The lowest BCUT2D eigenvalue weighted by Crippen LogP contribution is -2.46. The van der Waals surface area contributed by atoms with Crippen LogP contribution in [0.1, 0.15) is 87.3 Å². The number of carbonyl (C=O) groups excluding carboxylic acids is 1. The quantitative estimate of drug-likeness (QED) is 0.485. The average molecular weight is 555 g/mol. The van der Waals surface area contributed by atoms with Crippen LogP contribution in [-0.2, 0) is 5.41 Å². The van der Waals surface area contributed by atoms with Gasteiger partial charge < -0.3 is 10.4 Å². The molecule has 208 valence electrons. The molecule has 0 spiro atoms. The van der Waals surface area contributed by atoms with Crippen molar-refractivity contribution in [1.29, 1.82) is 0 Å². The van der Waals surface area contributed by atoms with E-state index in [-0.39, 0.29) is 51.9 Å². The number of amides is 1. The van der Waals surface area contributed by atoms with Gasteiger partial charge in [-0.05, 0) is 79.7 Å². The van der Waals surface area contributed by atoms with Gasteiger partial charge in [0, 0.05) is 29.3 Å². The maximum Gasteiger partial charge on any atom is 0.333 e. The van der Waals surface area contributed by atoms with E-state index in [1.165, 1.54) is 10.6 Å². The molecule has 2 aliphatic rings. The zero-order valence-electron chi connectivity index (χ0n) is 22.6. The molecule has 0 bridgehead atoms. The number of phenols is 1. The number of pyridine rings is 1. The van der Waals surface area contributed by atoms with E-state index in [4.69, 9.17) is 0 Å². The third-order valence-corrected chi connectivity index (χ3v) is 8.99. The fraction of sp³-hybridized carbons (Fsp3) is 0.517. The Morgan fingerprint density at radius 1 is 1.03 bits per heavy atom. The second-order valence-corrected chi connectivity index (χ2v) is 12.9. The molecule has 1 aliphatic carbocycles. The van der Waals surface area contributed by atoms with Crippen LogP contribution in [0.15, 0.2) is 40.1 Å². The molecule has 3 aromatic rings. The van der Waals surface area contributed by atoms with E-state index in [9.17, 15) is 23.9 Å². The number of aromatic nitrogens is 3. The molecule has 2 aromatic heterocycles. The molecule has 39 heavy (non-hydrogen) atoms. The highest BCUT2D eigenvalue weighted by atomic mass is 32.2. The summed E-state index contributed by atoms with van der Waals surface area (Å²) in [5, 5.41) is 13.4. The van der Waals surface area contributed by atoms with Crippen LogP contribution in [0.3, 0.4) is 0 Å². The maximum absolute atomic E-state index is 14.1. The van der Waals surface area contributed by atoms with Gasteiger partial charge in [0.25, 0.3) is 11.5 Å². The number of rotatable bonds is 4. The zero-order valence-corrected chi connectivity index (χ0v) is 23.4. The molecule has 0 atom stereocenters. The molecule has 1 saturated heterocycles. The van der Waals surface area contributed by atoms with Crippen molar-refractivity contribution in [1.82, 2.24) is 19.4 Å². The van der Waals surface area contributed by atoms with Gasteiger partial charge in [-0.15, -0.1) is 0 Å². The van der Waals surface area contributed by atoms with Crippen molar-refractivity contribution >= 4 is 28.7 Å². The summed E-state index contributed by atoms with van der Waals surface area (Å²) in [4.78, 5) is 44.4. The van der Waals surface area contributed by atoms with E-state index in [0.29, 0.717) is 36.8 Å². The minimum atomic E-state index is -0.606. The van der Waals surface area contributed by atoms with Crippen molar-refractivity contribution in [3.05, 3.63) is 68.2 Å². The average Bonchev–Trinajstić information content (AvgIpc) is 2.90. The number of halogens is 1. The first kappa shape index (κ1) is 27.4. The predicted octanol–water partition coefficient (Wildman–Crippen LogP) is 4.68. The Kier molecular flexibility index (Phi) is 7.59. The number of aromatic hydroxyl groups is 1. The van der Waals surface area contributed by atoms with Crippen LogP contribution < -0.4 is 16.6 Å². The minimum Gasteiger partial charge on any atom is -0.508 e. The molecule has 1 saturated carbocycles. The van der Waals surface area contributed by atoms with Gasteiger partial charge in [-0.2, -0.15) is 11.8 Å². The van der Waals surface area contributed by atoms with Crippen molar-refractivity contribution in [3.8, 4) is 5.75 Å². The van der Waals surface area contributed by atoms with E-state index in [1.54, 1.807) is 22.8 Å². The molecular formula is C29H35FN4O4S. The first-order valence-corrected chi connectivity index (χ1v) is 14.7. The van der Waals surface area contributed by atoms with Crippen molar-refractivity contribution in [3.63, 3.8) is 0 Å². The Hall–Kier alpha value is -3.14. The number of hydrogen-bond donors (Lipinski definition) is 2. The number of carbonyl (C=O) groups is 1. The Labute approximate surface area is 230 Å². The van der Waals surface area contributed by atoms with Gasteiger partial charge in [0.1, 0.15) is 17.2 Å². The number of thioether (sulfide) groups is 1. The van der Waals surface area contributed by atoms with Crippen LogP contribution in [0, 0.1) is 5.82 Å². The van der Waals surface area contributed by atoms with Crippen LogP contribution in [0.25, 0.3) is 11.0 Å². The molecule has 5 rings (SSSR count). The Bertz CT molecular complexity index is 1510. The van der Waals surface area contributed by atoms with Crippen molar-refractivity contribution in [2.24, 2.45) is 0 Å².